The molecule has 0 aliphatic heterocycles. The van der Waals surface area contributed by atoms with Gasteiger partial charge >= 0.3 is 0 Å². The van der Waals surface area contributed by atoms with Crippen LogP contribution in [0.15, 0.2) is 48.5 Å². The lowest BCUT2D eigenvalue weighted by Gasteiger charge is -2.38. The van der Waals surface area contributed by atoms with E-state index < -0.39 is 12.0 Å². The van der Waals surface area contributed by atoms with Crippen LogP contribution in [0.1, 0.15) is 54.6 Å². The van der Waals surface area contributed by atoms with Crippen molar-refractivity contribution < 1.29 is 15.0 Å². The van der Waals surface area contributed by atoms with E-state index in [0.29, 0.717) is 24.2 Å². The normalized spacial score (nSPS) is 20.2. The predicted molar refractivity (Wildman–Crippen MR) is 115 cm³/mol. The first kappa shape index (κ1) is 21.1. The van der Waals surface area contributed by atoms with E-state index in [-0.39, 0.29) is 11.3 Å². The predicted octanol–water partition coefficient (Wildman–Crippen LogP) is 2.95. The van der Waals surface area contributed by atoms with Crippen molar-refractivity contribution in [3.8, 4) is 5.75 Å². The second-order valence-corrected chi connectivity index (χ2v) is 7.69. The number of nitrogens with zero attached hydrogens (tertiary/aromatic N) is 1. The Labute approximate surface area is 172 Å². The summed E-state index contributed by atoms with van der Waals surface area (Å²) in [5.74, 6) is -0.875. The van der Waals surface area contributed by atoms with Gasteiger partial charge < -0.3 is 26.2 Å². The van der Waals surface area contributed by atoms with Gasteiger partial charge in [-0.15, -0.1) is 0 Å². The van der Waals surface area contributed by atoms with Crippen molar-refractivity contribution in [2.24, 2.45) is 5.73 Å². The first-order chi connectivity index (χ1) is 14.0. The molecule has 156 valence electrons. The number of nitrogens with one attached hydrogen (secondary N) is 1. The van der Waals surface area contributed by atoms with Gasteiger partial charge in [0, 0.05) is 30.9 Å². The molecule has 6 heteroatoms. The maximum atomic E-state index is 11.4. The Morgan fingerprint density at radius 1 is 1.17 bits per heavy atom. The maximum Gasteiger partial charge on any atom is 0.252 e. The third-order valence-corrected chi connectivity index (χ3v) is 5.84. The summed E-state index contributed by atoms with van der Waals surface area (Å²) in [6.45, 7) is 3.59. The fourth-order valence-electron chi connectivity index (χ4n) is 4.22. The zero-order valence-electron chi connectivity index (χ0n) is 16.9. The molecule has 1 unspecified atom stereocenters. The Hall–Kier alpha value is -2.57. The first-order valence-corrected chi connectivity index (χ1v) is 10.4. The van der Waals surface area contributed by atoms with E-state index in [4.69, 9.17) is 5.73 Å². The number of amides is 1. The number of hydrogen-bond donors (Lipinski definition) is 4. The van der Waals surface area contributed by atoms with Crippen LogP contribution in [0.5, 0.6) is 5.75 Å². The standard InChI is InChI=1S/C23H31N3O3/c1-2-26(18-6-4-3-5-7-18)19-11-9-17(10-12-19)25-15-22(28)16-8-13-21(27)20(14-16)23(24)29/h3-8,13-14,17,19,22,25,27-28H,2,9-12,15H2,1H3,(H2,24,29)/t17-,19-,22?. The van der Waals surface area contributed by atoms with Crippen molar-refractivity contribution in [2.75, 3.05) is 18.0 Å². The molecule has 5 N–H and O–H groups in total. The summed E-state index contributed by atoms with van der Waals surface area (Å²) in [4.78, 5) is 13.9. The number of aromatic hydroxyl groups is 1. The third kappa shape index (κ3) is 5.28. The SMILES string of the molecule is CCN(c1ccccc1)[C@H]1CC[C@H](NCC(O)c2ccc(O)c(C(N)=O)c2)CC1. The molecule has 1 aliphatic carbocycles. The van der Waals surface area contributed by atoms with Gasteiger partial charge in [0.1, 0.15) is 5.75 Å². The van der Waals surface area contributed by atoms with Crippen molar-refractivity contribution in [3.63, 3.8) is 0 Å². The molecule has 29 heavy (non-hydrogen) atoms. The molecule has 0 aromatic heterocycles. The highest BCUT2D eigenvalue weighted by atomic mass is 16.3. The molecule has 0 radical (unpaired) electrons. The Bertz CT molecular complexity index is 804. The van der Waals surface area contributed by atoms with Gasteiger partial charge in [-0.05, 0) is 62.4 Å². The number of para-hydroxylation sites is 1. The van der Waals surface area contributed by atoms with Gasteiger partial charge in [-0.2, -0.15) is 0 Å². The summed E-state index contributed by atoms with van der Waals surface area (Å²) >= 11 is 0. The molecule has 1 aliphatic rings. The maximum absolute atomic E-state index is 11.4. The smallest absolute Gasteiger partial charge is 0.252 e. The van der Waals surface area contributed by atoms with Crippen LogP contribution in [0.25, 0.3) is 0 Å². The van der Waals surface area contributed by atoms with Gasteiger partial charge in [0.25, 0.3) is 5.91 Å². The quantitative estimate of drug-likeness (QED) is 0.549. The summed E-state index contributed by atoms with van der Waals surface area (Å²) in [6, 6.07) is 15.9. The van der Waals surface area contributed by atoms with Crippen LogP contribution in [0.4, 0.5) is 5.69 Å². The van der Waals surface area contributed by atoms with Crippen LogP contribution in [-0.2, 0) is 0 Å². The van der Waals surface area contributed by atoms with E-state index in [1.165, 1.54) is 17.8 Å². The molecule has 0 spiro atoms. The van der Waals surface area contributed by atoms with Crippen LogP contribution in [0.2, 0.25) is 0 Å². The fraction of sp³-hybridized carbons (Fsp3) is 0.435. The summed E-state index contributed by atoms with van der Waals surface area (Å²) in [7, 11) is 0. The van der Waals surface area contributed by atoms with Gasteiger partial charge in [-0.1, -0.05) is 24.3 Å². The Morgan fingerprint density at radius 2 is 1.86 bits per heavy atom. The number of anilines is 1. The minimum atomic E-state index is -0.761. The lowest BCUT2D eigenvalue weighted by atomic mass is 9.89. The molecule has 0 saturated heterocycles. The lowest BCUT2D eigenvalue weighted by molar-refractivity contribution is 0.0997. The molecule has 0 heterocycles. The van der Waals surface area contributed by atoms with Crippen LogP contribution >= 0.6 is 0 Å². The molecule has 1 saturated carbocycles. The Balaban J connectivity index is 1.51. The number of aliphatic hydroxyl groups is 1. The van der Waals surface area contributed by atoms with Gasteiger partial charge in [-0.25, -0.2) is 0 Å². The first-order valence-electron chi connectivity index (χ1n) is 10.4. The second kappa shape index (κ2) is 9.76. The number of aliphatic hydroxyl groups excluding tert-OH is 1. The summed E-state index contributed by atoms with van der Waals surface area (Å²) in [5.41, 5.74) is 7.14. The largest absolute Gasteiger partial charge is 0.507 e. The molecular weight excluding hydrogens is 366 g/mol. The third-order valence-electron chi connectivity index (χ3n) is 5.84. The van der Waals surface area contributed by atoms with Crippen LogP contribution in [0, 0.1) is 0 Å². The number of rotatable bonds is 8. The molecule has 1 amide bonds. The highest BCUT2D eigenvalue weighted by Crippen LogP contribution is 2.28. The molecular formula is C23H31N3O3. The van der Waals surface area contributed by atoms with E-state index in [0.717, 1.165) is 32.2 Å². The van der Waals surface area contributed by atoms with Crippen molar-refractivity contribution in [2.45, 2.75) is 50.8 Å². The number of benzene rings is 2. The van der Waals surface area contributed by atoms with Gasteiger partial charge in [0.05, 0.1) is 11.7 Å². The number of primary amides is 1. The van der Waals surface area contributed by atoms with E-state index in [1.807, 2.05) is 6.07 Å². The zero-order valence-corrected chi connectivity index (χ0v) is 16.9. The number of phenols is 1. The number of carbonyl (C=O) groups is 1. The summed E-state index contributed by atoms with van der Waals surface area (Å²) < 4.78 is 0. The van der Waals surface area contributed by atoms with Crippen molar-refractivity contribution in [1.29, 1.82) is 0 Å². The Morgan fingerprint density at radius 3 is 2.48 bits per heavy atom. The van der Waals surface area contributed by atoms with Gasteiger partial charge in [-0.3, -0.25) is 4.79 Å². The topological polar surface area (TPSA) is 98.8 Å². The average molecular weight is 398 g/mol. The van der Waals surface area contributed by atoms with Crippen LogP contribution in [-0.4, -0.2) is 41.3 Å². The number of carbonyl (C=O) groups excluding carboxylic acids is 1. The lowest BCUT2D eigenvalue weighted by Crippen LogP contribution is -2.43. The summed E-state index contributed by atoms with van der Waals surface area (Å²) in [5, 5.41) is 23.6. The molecule has 0 bridgehead atoms. The van der Waals surface area contributed by atoms with E-state index in [9.17, 15) is 15.0 Å². The fourth-order valence-corrected chi connectivity index (χ4v) is 4.22. The van der Waals surface area contributed by atoms with Gasteiger partial charge in [0.2, 0.25) is 0 Å². The van der Waals surface area contributed by atoms with Crippen molar-refractivity contribution in [1.82, 2.24) is 5.32 Å². The summed E-state index contributed by atoms with van der Waals surface area (Å²) in [6.07, 6.45) is 3.58. The molecule has 3 rings (SSSR count). The average Bonchev–Trinajstić information content (AvgIpc) is 2.74. The monoisotopic (exact) mass is 397 g/mol. The van der Waals surface area contributed by atoms with E-state index in [1.54, 1.807) is 6.07 Å². The van der Waals surface area contributed by atoms with Gasteiger partial charge in [0.15, 0.2) is 0 Å². The van der Waals surface area contributed by atoms with Crippen molar-refractivity contribution >= 4 is 11.6 Å². The molecule has 1 fully saturated rings. The van der Waals surface area contributed by atoms with E-state index >= 15 is 0 Å². The molecule has 1 atom stereocenters. The second-order valence-electron chi connectivity index (χ2n) is 7.69. The number of hydrogen-bond acceptors (Lipinski definition) is 5. The Kier molecular flexibility index (Phi) is 7.12. The van der Waals surface area contributed by atoms with Crippen molar-refractivity contribution in [3.05, 3.63) is 59.7 Å². The number of nitrogens with two attached hydrogens (primary N) is 1. The minimum absolute atomic E-state index is 0.0302. The minimum Gasteiger partial charge on any atom is -0.507 e. The zero-order chi connectivity index (χ0) is 20.8. The highest BCUT2D eigenvalue weighted by molar-refractivity contribution is 5.95. The molecule has 2 aromatic carbocycles. The molecule has 6 nitrogen and oxygen atoms in total. The van der Waals surface area contributed by atoms with E-state index in [2.05, 4.69) is 41.4 Å². The molecule has 2 aromatic rings. The van der Waals surface area contributed by atoms with Crippen LogP contribution in [0.3, 0.4) is 0 Å². The van der Waals surface area contributed by atoms with Crippen LogP contribution < -0.4 is 16.0 Å². The highest BCUT2D eigenvalue weighted by Gasteiger charge is 2.25.